The van der Waals surface area contributed by atoms with E-state index in [4.69, 9.17) is 14.2 Å². The number of aliphatic hydroxyl groups excluding tert-OH is 1. The lowest BCUT2D eigenvalue weighted by Crippen LogP contribution is -2.35. The van der Waals surface area contributed by atoms with Crippen molar-refractivity contribution in [2.45, 2.75) is 26.0 Å². The third kappa shape index (κ3) is 7.03. The number of ether oxygens (including phenoxy) is 3. The van der Waals surface area contributed by atoms with Crippen LogP contribution in [0.4, 0.5) is 0 Å². The van der Waals surface area contributed by atoms with Gasteiger partial charge in [0.25, 0.3) is 0 Å². The van der Waals surface area contributed by atoms with Crippen molar-refractivity contribution < 1.29 is 19.3 Å². The van der Waals surface area contributed by atoms with Gasteiger partial charge in [-0.3, -0.25) is 4.90 Å². The van der Waals surface area contributed by atoms with Crippen LogP contribution < -0.4 is 9.47 Å². The minimum absolute atomic E-state index is 0.318. The summed E-state index contributed by atoms with van der Waals surface area (Å²) in [6.07, 6.45) is 2.19. The Morgan fingerprint density at radius 1 is 1.26 bits per heavy atom. The lowest BCUT2D eigenvalue weighted by molar-refractivity contribution is 0.0246. The molecule has 0 fully saturated rings. The number of hydrogen-bond donors (Lipinski definition) is 1. The summed E-state index contributed by atoms with van der Waals surface area (Å²) in [7, 11) is 3.26. The van der Waals surface area contributed by atoms with Crippen molar-refractivity contribution in [1.29, 1.82) is 0 Å². The molecule has 0 aromatic heterocycles. The fourth-order valence-electron chi connectivity index (χ4n) is 2.43. The molecule has 0 saturated heterocycles. The predicted molar refractivity (Wildman–Crippen MR) is 92.1 cm³/mol. The molecule has 5 heteroatoms. The first-order valence-corrected chi connectivity index (χ1v) is 7.94. The van der Waals surface area contributed by atoms with Gasteiger partial charge in [-0.2, -0.15) is 0 Å². The van der Waals surface area contributed by atoms with Gasteiger partial charge in [-0.25, -0.2) is 0 Å². The van der Waals surface area contributed by atoms with Crippen molar-refractivity contribution in [2.75, 3.05) is 40.5 Å². The van der Waals surface area contributed by atoms with Crippen LogP contribution in [0.15, 0.2) is 30.9 Å². The molecule has 1 aromatic carbocycles. The Labute approximate surface area is 139 Å². The molecule has 0 radical (unpaired) electrons. The van der Waals surface area contributed by atoms with E-state index in [1.54, 1.807) is 20.3 Å². The first-order valence-electron chi connectivity index (χ1n) is 7.94. The smallest absolute Gasteiger partial charge is 0.161 e. The van der Waals surface area contributed by atoms with Gasteiger partial charge in [0.15, 0.2) is 11.5 Å². The molecule has 0 saturated carbocycles. The van der Waals surface area contributed by atoms with Gasteiger partial charge in [0.1, 0.15) is 0 Å². The highest BCUT2D eigenvalue weighted by atomic mass is 16.5. The Hall–Kier alpha value is -1.56. The molecule has 0 bridgehead atoms. The van der Waals surface area contributed by atoms with Gasteiger partial charge in [-0.15, -0.1) is 6.58 Å². The molecule has 0 amide bonds. The average Bonchev–Trinajstić information content (AvgIpc) is 2.55. The van der Waals surface area contributed by atoms with Crippen LogP contribution in [0.1, 0.15) is 18.9 Å². The van der Waals surface area contributed by atoms with Gasteiger partial charge in [0, 0.05) is 13.1 Å². The first-order chi connectivity index (χ1) is 11.1. The predicted octanol–water partition coefficient (Wildman–Crippen LogP) is 2.48. The zero-order valence-electron chi connectivity index (χ0n) is 14.5. The summed E-state index contributed by atoms with van der Waals surface area (Å²) in [5.74, 6) is 1.44. The fourth-order valence-corrected chi connectivity index (χ4v) is 2.43. The van der Waals surface area contributed by atoms with Crippen molar-refractivity contribution in [2.24, 2.45) is 0 Å². The molecule has 130 valence electrons. The fraction of sp³-hybridized carbons (Fsp3) is 0.556. The number of nitrogens with zero attached hydrogens (tertiary/aromatic N) is 1. The Bertz CT molecular complexity index is 464. The second-order valence-corrected chi connectivity index (χ2v) is 5.40. The summed E-state index contributed by atoms with van der Waals surface area (Å²) in [6.45, 7) is 8.72. The van der Waals surface area contributed by atoms with Crippen molar-refractivity contribution in [3.8, 4) is 11.5 Å². The van der Waals surface area contributed by atoms with E-state index in [1.807, 2.05) is 18.2 Å². The van der Waals surface area contributed by atoms with Gasteiger partial charge in [-0.05, 0) is 30.7 Å². The molecule has 1 aromatic rings. The monoisotopic (exact) mass is 323 g/mol. The van der Waals surface area contributed by atoms with E-state index in [1.165, 1.54) is 0 Å². The summed E-state index contributed by atoms with van der Waals surface area (Å²) < 4.78 is 15.9. The van der Waals surface area contributed by atoms with Crippen LogP contribution in [-0.4, -0.2) is 56.6 Å². The highest BCUT2D eigenvalue weighted by Crippen LogP contribution is 2.28. The van der Waals surface area contributed by atoms with Crippen molar-refractivity contribution in [1.82, 2.24) is 4.90 Å². The van der Waals surface area contributed by atoms with Crippen LogP contribution in [0.5, 0.6) is 11.5 Å². The van der Waals surface area contributed by atoms with E-state index in [0.717, 1.165) is 36.6 Å². The number of rotatable bonds is 12. The molecule has 0 aliphatic carbocycles. The van der Waals surface area contributed by atoms with Crippen LogP contribution in [-0.2, 0) is 11.3 Å². The lowest BCUT2D eigenvalue weighted by Gasteiger charge is -2.25. The molecular formula is C18H29NO4. The number of benzene rings is 1. The zero-order chi connectivity index (χ0) is 17.1. The molecule has 0 heterocycles. The van der Waals surface area contributed by atoms with E-state index in [2.05, 4.69) is 18.4 Å². The quantitative estimate of drug-likeness (QED) is 0.473. The summed E-state index contributed by atoms with van der Waals surface area (Å²) in [5, 5.41) is 10.1. The van der Waals surface area contributed by atoms with Crippen molar-refractivity contribution in [3.05, 3.63) is 36.4 Å². The standard InChI is InChI=1S/C18H29NO4/c1-5-9-19(13-16(20)14-23-10-6-2)12-15-7-8-17(21-3)18(11-15)22-4/h6-8,11,16,20H,2,5,9-10,12-14H2,1,3-4H3/t16-/m1/s1. The molecule has 23 heavy (non-hydrogen) atoms. The van der Waals surface area contributed by atoms with Gasteiger partial charge < -0.3 is 19.3 Å². The topological polar surface area (TPSA) is 51.2 Å². The summed E-state index contributed by atoms with van der Waals surface area (Å²) in [4.78, 5) is 2.21. The highest BCUT2D eigenvalue weighted by Gasteiger charge is 2.13. The SMILES string of the molecule is C=CCOC[C@H](O)CN(CCC)Cc1ccc(OC)c(OC)c1. The average molecular weight is 323 g/mol. The maximum atomic E-state index is 10.1. The lowest BCUT2D eigenvalue weighted by atomic mass is 10.1. The minimum atomic E-state index is -0.512. The van der Waals surface area contributed by atoms with Gasteiger partial charge in [-0.1, -0.05) is 19.1 Å². The van der Waals surface area contributed by atoms with Crippen LogP contribution >= 0.6 is 0 Å². The Morgan fingerprint density at radius 2 is 2.00 bits per heavy atom. The Kier molecular flexibility index (Phi) is 9.36. The van der Waals surface area contributed by atoms with E-state index in [9.17, 15) is 5.11 Å². The molecule has 1 atom stereocenters. The van der Waals surface area contributed by atoms with E-state index in [-0.39, 0.29) is 0 Å². The molecule has 0 aliphatic rings. The minimum Gasteiger partial charge on any atom is -0.493 e. The summed E-state index contributed by atoms with van der Waals surface area (Å²) in [5.41, 5.74) is 1.12. The highest BCUT2D eigenvalue weighted by molar-refractivity contribution is 5.42. The summed E-state index contributed by atoms with van der Waals surface area (Å²) in [6, 6.07) is 5.90. The van der Waals surface area contributed by atoms with Crippen LogP contribution in [0, 0.1) is 0 Å². The molecule has 0 aliphatic heterocycles. The van der Waals surface area contributed by atoms with Crippen molar-refractivity contribution in [3.63, 3.8) is 0 Å². The van der Waals surface area contributed by atoms with Crippen LogP contribution in [0.2, 0.25) is 0 Å². The van der Waals surface area contributed by atoms with E-state index >= 15 is 0 Å². The Morgan fingerprint density at radius 3 is 2.61 bits per heavy atom. The molecule has 0 spiro atoms. The van der Waals surface area contributed by atoms with E-state index < -0.39 is 6.10 Å². The number of hydrogen-bond acceptors (Lipinski definition) is 5. The largest absolute Gasteiger partial charge is 0.493 e. The number of methoxy groups -OCH3 is 2. The number of aliphatic hydroxyl groups is 1. The maximum Gasteiger partial charge on any atom is 0.161 e. The van der Waals surface area contributed by atoms with Crippen LogP contribution in [0.25, 0.3) is 0 Å². The molecule has 1 N–H and O–H groups in total. The maximum absolute atomic E-state index is 10.1. The van der Waals surface area contributed by atoms with Gasteiger partial charge in [0.2, 0.25) is 0 Å². The molecule has 1 rings (SSSR count). The van der Waals surface area contributed by atoms with Crippen molar-refractivity contribution >= 4 is 0 Å². The summed E-state index contributed by atoms with van der Waals surface area (Å²) >= 11 is 0. The first kappa shape index (κ1) is 19.5. The van der Waals surface area contributed by atoms with Crippen LogP contribution in [0.3, 0.4) is 0 Å². The third-order valence-electron chi connectivity index (χ3n) is 3.41. The van der Waals surface area contributed by atoms with Gasteiger partial charge in [0.05, 0.1) is 33.5 Å². The normalized spacial score (nSPS) is 12.2. The molecule has 0 unspecified atom stereocenters. The van der Waals surface area contributed by atoms with E-state index in [0.29, 0.717) is 19.8 Å². The Balaban J connectivity index is 2.65. The second kappa shape index (κ2) is 11.0. The second-order valence-electron chi connectivity index (χ2n) is 5.40. The molecule has 5 nitrogen and oxygen atoms in total. The molecular weight excluding hydrogens is 294 g/mol. The third-order valence-corrected chi connectivity index (χ3v) is 3.41. The van der Waals surface area contributed by atoms with Gasteiger partial charge >= 0.3 is 0 Å². The zero-order valence-corrected chi connectivity index (χ0v) is 14.5.